The Kier molecular flexibility index (Phi) is 7.00. The fourth-order valence-corrected chi connectivity index (χ4v) is 4.32. The number of carbonyl (C=O) groups excluding carboxylic acids is 1. The van der Waals surface area contributed by atoms with Gasteiger partial charge in [0.2, 0.25) is 0 Å². The van der Waals surface area contributed by atoms with Gasteiger partial charge in [-0.3, -0.25) is 4.79 Å². The summed E-state index contributed by atoms with van der Waals surface area (Å²) in [4.78, 5) is 13.3. The van der Waals surface area contributed by atoms with Crippen LogP contribution in [0.5, 0.6) is 0 Å². The molecule has 4 aromatic rings. The number of aryl methyl sites for hydroxylation is 2. The van der Waals surface area contributed by atoms with Crippen LogP contribution in [0, 0.1) is 13.8 Å². The molecular formula is C29H29ClN2O. The predicted octanol–water partition coefficient (Wildman–Crippen LogP) is 7.17. The molecule has 1 amide bonds. The lowest BCUT2D eigenvalue weighted by atomic mass is 10.1. The van der Waals surface area contributed by atoms with Gasteiger partial charge in [-0.05, 0) is 74.6 Å². The second kappa shape index (κ2) is 10.1. The maximum atomic E-state index is 13.3. The van der Waals surface area contributed by atoms with Gasteiger partial charge in [-0.25, -0.2) is 0 Å². The highest BCUT2D eigenvalue weighted by molar-refractivity contribution is 6.30. The fourth-order valence-electron chi connectivity index (χ4n) is 4.20. The first kappa shape index (κ1) is 22.9. The molecule has 4 rings (SSSR count). The van der Waals surface area contributed by atoms with Crippen LogP contribution in [0.2, 0.25) is 5.02 Å². The van der Waals surface area contributed by atoms with Crippen LogP contribution in [0.1, 0.15) is 40.5 Å². The van der Waals surface area contributed by atoms with Crippen LogP contribution in [-0.4, -0.2) is 16.5 Å². The lowest BCUT2D eigenvalue weighted by Gasteiger charge is -2.16. The van der Waals surface area contributed by atoms with Crippen LogP contribution in [-0.2, 0) is 6.42 Å². The summed E-state index contributed by atoms with van der Waals surface area (Å²) >= 11 is 6.13. The molecule has 168 valence electrons. The molecule has 0 radical (unpaired) electrons. The normalized spacial score (nSPS) is 11.9. The Morgan fingerprint density at radius 1 is 0.939 bits per heavy atom. The zero-order chi connectivity index (χ0) is 23.4. The second-order valence-corrected chi connectivity index (χ2v) is 8.99. The van der Waals surface area contributed by atoms with Gasteiger partial charge in [-0.15, -0.1) is 0 Å². The van der Waals surface area contributed by atoms with Gasteiger partial charge in [0.05, 0.1) is 11.3 Å². The molecule has 0 aliphatic rings. The first-order chi connectivity index (χ1) is 15.9. The number of para-hydroxylation sites is 1. The fraction of sp³-hybridized carbons (Fsp3) is 0.207. The number of nitrogens with zero attached hydrogens (tertiary/aromatic N) is 1. The number of rotatable bonds is 7. The third kappa shape index (κ3) is 5.20. The highest BCUT2D eigenvalue weighted by Crippen LogP contribution is 2.31. The number of hydrogen-bond acceptors (Lipinski definition) is 1. The maximum Gasteiger partial charge on any atom is 0.253 e. The van der Waals surface area contributed by atoms with Crippen molar-refractivity contribution >= 4 is 17.5 Å². The number of carbonyl (C=O) groups is 1. The molecule has 0 saturated carbocycles. The highest BCUT2D eigenvalue weighted by atomic mass is 35.5. The van der Waals surface area contributed by atoms with Crippen molar-refractivity contribution < 1.29 is 4.79 Å². The predicted molar refractivity (Wildman–Crippen MR) is 137 cm³/mol. The molecule has 1 aromatic heterocycles. The van der Waals surface area contributed by atoms with Crippen LogP contribution in [0.4, 0.5) is 0 Å². The zero-order valence-corrected chi connectivity index (χ0v) is 20.1. The van der Waals surface area contributed by atoms with Crippen molar-refractivity contribution in [1.82, 2.24) is 9.88 Å². The van der Waals surface area contributed by atoms with Gasteiger partial charge >= 0.3 is 0 Å². The molecule has 0 aliphatic carbocycles. The number of benzene rings is 3. The molecule has 1 unspecified atom stereocenters. The molecule has 0 fully saturated rings. The van der Waals surface area contributed by atoms with E-state index in [9.17, 15) is 4.79 Å². The largest absolute Gasteiger partial charge is 0.350 e. The Bertz CT molecular complexity index is 1240. The van der Waals surface area contributed by atoms with Gasteiger partial charge in [-0.1, -0.05) is 72.3 Å². The molecule has 3 nitrogen and oxygen atoms in total. The van der Waals surface area contributed by atoms with Crippen LogP contribution in [0.25, 0.3) is 16.9 Å². The van der Waals surface area contributed by atoms with E-state index in [0.29, 0.717) is 10.6 Å². The summed E-state index contributed by atoms with van der Waals surface area (Å²) in [7, 11) is 0. The third-order valence-electron chi connectivity index (χ3n) is 6.07. The highest BCUT2D eigenvalue weighted by Gasteiger charge is 2.21. The van der Waals surface area contributed by atoms with Crippen molar-refractivity contribution in [1.29, 1.82) is 0 Å². The van der Waals surface area contributed by atoms with E-state index in [4.69, 9.17) is 11.6 Å². The summed E-state index contributed by atoms with van der Waals surface area (Å²) in [5.74, 6) is -0.0457. The molecule has 0 bridgehead atoms. The van der Waals surface area contributed by atoms with Gasteiger partial charge in [-0.2, -0.15) is 0 Å². The summed E-state index contributed by atoms with van der Waals surface area (Å²) in [5, 5.41) is 3.89. The zero-order valence-electron chi connectivity index (χ0n) is 19.3. The molecule has 3 aromatic carbocycles. The summed E-state index contributed by atoms with van der Waals surface area (Å²) < 4.78 is 2.17. The molecule has 0 saturated heterocycles. The van der Waals surface area contributed by atoms with E-state index in [0.717, 1.165) is 41.0 Å². The lowest BCUT2D eigenvalue weighted by molar-refractivity contribution is 0.0938. The van der Waals surface area contributed by atoms with E-state index in [1.807, 2.05) is 55.5 Å². The Labute approximate surface area is 201 Å². The number of amides is 1. The summed E-state index contributed by atoms with van der Waals surface area (Å²) in [6.45, 7) is 6.16. The molecular weight excluding hydrogens is 428 g/mol. The SMILES string of the molecule is Cc1ccccc1-n1c(-c2ccc(Cl)cc2)cc(C(=O)NC(C)CCc2ccccc2)c1C. The topological polar surface area (TPSA) is 34.0 Å². The van der Waals surface area contributed by atoms with E-state index < -0.39 is 0 Å². The van der Waals surface area contributed by atoms with E-state index in [2.05, 4.69) is 60.1 Å². The van der Waals surface area contributed by atoms with Crippen LogP contribution in [0.3, 0.4) is 0 Å². The Morgan fingerprint density at radius 3 is 2.30 bits per heavy atom. The molecule has 0 aliphatic heterocycles. The van der Waals surface area contributed by atoms with Gasteiger partial charge in [0, 0.05) is 22.4 Å². The van der Waals surface area contributed by atoms with Gasteiger partial charge < -0.3 is 9.88 Å². The first-order valence-electron chi connectivity index (χ1n) is 11.3. The minimum absolute atomic E-state index is 0.0457. The van der Waals surface area contributed by atoms with Crippen molar-refractivity contribution in [3.63, 3.8) is 0 Å². The van der Waals surface area contributed by atoms with E-state index >= 15 is 0 Å². The average molecular weight is 457 g/mol. The second-order valence-electron chi connectivity index (χ2n) is 8.56. The van der Waals surface area contributed by atoms with Crippen molar-refractivity contribution in [2.75, 3.05) is 0 Å². The van der Waals surface area contributed by atoms with Crippen molar-refractivity contribution in [3.05, 3.63) is 112 Å². The number of halogens is 1. The molecule has 1 N–H and O–H groups in total. The summed E-state index contributed by atoms with van der Waals surface area (Å²) in [6.07, 6.45) is 1.82. The van der Waals surface area contributed by atoms with Gasteiger partial charge in [0.1, 0.15) is 0 Å². The average Bonchev–Trinajstić information content (AvgIpc) is 3.16. The smallest absolute Gasteiger partial charge is 0.253 e. The Morgan fingerprint density at radius 2 is 1.61 bits per heavy atom. The first-order valence-corrected chi connectivity index (χ1v) is 11.7. The van der Waals surface area contributed by atoms with Crippen LogP contribution < -0.4 is 5.32 Å². The number of hydrogen-bond donors (Lipinski definition) is 1. The third-order valence-corrected chi connectivity index (χ3v) is 6.33. The van der Waals surface area contributed by atoms with Crippen molar-refractivity contribution in [2.45, 2.75) is 39.7 Å². The Hall–Kier alpha value is -3.30. The molecule has 4 heteroatoms. The van der Waals surface area contributed by atoms with Gasteiger partial charge in [0.15, 0.2) is 0 Å². The van der Waals surface area contributed by atoms with E-state index in [1.165, 1.54) is 5.56 Å². The minimum Gasteiger partial charge on any atom is -0.350 e. The van der Waals surface area contributed by atoms with Crippen LogP contribution >= 0.6 is 11.6 Å². The molecule has 1 heterocycles. The van der Waals surface area contributed by atoms with E-state index in [-0.39, 0.29) is 11.9 Å². The minimum atomic E-state index is -0.0457. The lowest BCUT2D eigenvalue weighted by Crippen LogP contribution is -2.33. The monoisotopic (exact) mass is 456 g/mol. The number of nitrogens with one attached hydrogen (secondary N) is 1. The summed E-state index contributed by atoms with van der Waals surface area (Å²) in [6, 6.07) is 28.4. The quantitative estimate of drug-likeness (QED) is 0.314. The molecule has 0 spiro atoms. The van der Waals surface area contributed by atoms with Crippen molar-refractivity contribution in [3.8, 4) is 16.9 Å². The van der Waals surface area contributed by atoms with Crippen molar-refractivity contribution in [2.24, 2.45) is 0 Å². The van der Waals surface area contributed by atoms with Crippen LogP contribution in [0.15, 0.2) is 84.9 Å². The van der Waals surface area contributed by atoms with Gasteiger partial charge in [0.25, 0.3) is 5.91 Å². The summed E-state index contributed by atoms with van der Waals surface area (Å²) in [5.41, 5.74) is 7.09. The maximum absolute atomic E-state index is 13.3. The molecule has 1 atom stereocenters. The standard InChI is InChI=1S/C29H29ClN2O/c1-20-9-7-8-12-27(20)32-22(3)26(19-28(32)24-15-17-25(30)18-16-24)29(33)31-21(2)13-14-23-10-5-4-6-11-23/h4-12,15-19,21H,13-14H2,1-3H3,(H,31,33). The molecule has 33 heavy (non-hydrogen) atoms. The number of aromatic nitrogens is 1. The Balaban J connectivity index is 1.64. The van der Waals surface area contributed by atoms with E-state index in [1.54, 1.807) is 0 Å².